The summed E-state index contributed by atoms with van der Waals surface area (Å²) >= 11 is 0. The van der Waals surface area contributed by atoms with Gasteiger partial charge >= 0.3 is 0 Å². The average Bonchev–Trinajstić information content (AvgIpc) is 3.41. The van der Waals surface area contributed by atoms with E-state index in [9.17, 15) is 4.79 Å². The molecule has 0 saturated heterocycles. The molecule has 0 aromatic carbocycles. The van der Waals surface area contributed by atoms with Crippen molar-refractivity contribution in [2.45, 2.75) is 56.5 Å². The molecule has 3 aromatic heterocycles. The van der Waals surface area contributed by atoms with Gasteiger partial charge in [-0.2, -0.15) is 5.10 Å². The van der Waals surface area contributed by atoms with Crippen LogP contribution in [0.15, 0.2) is 41.5 Å². The normalized spacial score (nSPS) is 23.2. The van der Waals surface area contributed by atoms with Crippen LogP contribution in [0.1, 0.15) is 56.2 Å². The van der Waals surface area contributed by atoms with Crippen LogP contribution in [0.4, 0.5) is 5.82 Å². The predicted molar refractivity (Wildman–Crippen MR) is 98.4 cm³/mol. The Morgan fingerprint density at radius 2 is 1.81 bits per heavy atom. The summed E-state index contributed by atoms with van der Waals surface area (Å²) in [5, 5.41) is 12.7. The molecule has 26 heavy (non-hydrogen) atoms. The molecule has 0 atom stereocenters. The Hall–Kier alpha value is -2.70. The Bertz CT molecular complexity index is 981. The summed E-state index contributed by atoms with van der Waals surface area (Å²) in [4.78, 5) is 16.5. The lowest BCUT2D eigenvalue weighted by atomic mass is 9.91. The largest absolute Gasteiger partial charge is 0.366 e. The van der Waals surface area contributed by atoms with E-state index in [1.165, 1.54) is 12.8 Å². The van der Waals surface area contributed by atoms with Gasteiger partial charge in [0.05, 0.1) is 11.7 Å². The Labute approximate surface area is 151 Å². The van der Waals surface area contributed by atoms with Gasteiger partial charge in [0.2, 0.25) is 0 Å². The molecule has 0 radical (unpaired) electrons. The minimum atomic E-state index is 0.0260. The summed E-state index contributed by atoms with van der Waals surface area (Å²) in [6.45, 7) is 0. The van der Waals surface area contributed by atoms with Gasteiger partial charge in [0.25, 0.3) is 5.56 Å². The van der Waals surface area contributed by atoms with Crippen molar-refractivity contribution in [2.24, 2.45) is 0 Å². The summed E-state index contributed by atoms with van der Waals surface area (Å²) < 4.78 is 3.51. The molecule has 134 valence electrons. The molecular weight excluding hydrogens is 328 g/mol. The number of rotatable bonds is 4. The van der Waals surface area contributed by atoms with Crippen molar-refractivity contribution in [1.29, 1.82) is 0 Å². The standard InChI is InChI=1S/C19H22N6O/c26-19-10-7-16(13-1-2-13)22-25(19)15-5-3-14(4-6-15)21-17-8-9-18-20-11-12-24(18)23-17/h7-15H,1-6H2,(H,21,23). The van der Waals surface area contributed by atoms with Gasteiger partial charge < -0.3 is 5.32 Å². The maximum absolute atomic E-state index is 12.3. The molecule has 2 saturated carbocycles. The topological polar surface area (TPSA) is 77.1 Å². The molecule has 2 fully saturated rings. The van der Waals surface area contributed by atoms with Gasteiger partial charge in [-0.3, -0.25) is 4.79 Å². The van der Waals surface area contributed by atoms with Crippen LogP contribution in [0.3, 0.4) is 0 Å². The highest BCUT2D eigenvalue weighted by Crippen LogP contribution is 2.38. The second-order valence-corrected chi connectivity index (χ2v) is 7.41. The van der Waals surface area contributed by atoms with Crippen LogP contribution in [0, 0.1) is 0 Å². The molecule has 2 aliphatic rings. The lowest BCUT2D eigenvalue weighted by molar-refractivity contribution is 0.301. The van der Waals surface area contributed by atoms with Gasteiger partial charge in [-0.1, -0.05) is 0 Å². The third kappa shape index (κ3) is 2.98. The van der Waals surface area contributed by atoms with Crippen molar-refractivity contribution >= 4 is 11.5 Å². The number of aromatic nitrogens is 5. The predicted octanol–water partition coefficient (Wildman–Crippen LogP) is 2.76. The zero-order chi connectivity index (χ0) is 17.5. The van der Waals surface area contributed by atoms with Crippen LogP contribution < -0.4 is 10.9 Å². The number of hydrogen-bond acceptors (Lipinski definition) is 5. The molecule has 0 aliphatic heterocycles. The number of nitrogens with zero attached hydrogens (tertiary/aromatic N) is 5. The molecule has 5 rings (SSSR count). The fraction of sp³-hybridized carbons (Fsp3) is 0.474. The number of fused-ring (bicyclic) bond motifs is 1. The number of imidazole rings is 1. The van der Waals surface area contributed by atoms with Crippen molar-refractivity contribution in [3.05, 3.63) is 52.7 Å². The molecule has 0 spiro atoms. The second kappa shape index (κ2) is 6.23. The molecule has 7 heteroatoms. The van der Waals surface area contributed by atoms with Gasteiger partial charge in [0.15, 0.2) is 5.65 Å². The van der Waals surface area contributed by atoms with E-state index in [1.54, 1.807) is 21.5 Å². The van der Waals surface area contributed by atoms with Crippen LogP contribution in [0.5, 0.6) is 0 Å². The van der Waals surface area contributed by atoms with E-state index in [0.717, 1.165) is 42.8 Å². The van der Waals surface area contributed by atoms with Gasteiger partial charge in [-0.25, -0.2) is 14.2 Å². The molecule has 3 aromatic rings. The van der Waals surface area contributed by atoms with Crippen LogP contribution >= 0.6 is 0 Å². The quantitative estimate of drug-likeness (QED) is 0.783. The van der Waals surface area contributed by atoms with Crippen molar-refractivity contribution < 1.29 is 0 Å². The monoisotopic (exact) mass is 350 g/mol. The molecule has 0 bridgehead atoms. The number of hydrogen-bond donors (Lipinski definition) is 1. The molecule has 0 amide bonds. The summed E-state index contributed by atoms with van der Waals surface area (Å²) in [5.74, 6) is 1.44. The van der Waals surface area contributed by atoms with E-state index in [-0.39, 0.29) is 11.6 Å². The van der Waals surface area contributed by atoms with E-state index in [0.29, 0.717) is 12.0 Å². The van der Waals surface area contributed by atoms with Crippen molar-refractivity contribution in [3.63, 3.8) is 0 Å². The first-order valence-electron chi connectivity index (χ1n) is 9.43. The summed E-state index contributed by atoms with van der Waals surface area (Å²) in [6.07, 6.45) is 9.95. The van der Waals surface area contributed by atoms with Gasteiger partial charge in [-0.15, -0.1) is 5.10 Å². The Morgan fingerprint density at radius 3 is 2.62 bits per heavy atom. The Morgan fingerprint density at radius 1 is 0.962 bits per heavy atom. The first-order chi connectivity index (χ1) is 12.8. The summed E-state index contributed by atoms with van der Waals surface area (Å²) in [7, 11) is 0. The fourth-order valence-electron chi connectivity index (χ4n) is 3.86. The lowest BCUT2D eigenvalue weighted by Crippen LogP contribution is -2.33. The first-order valence-corrected chi connectivity index (χ1v) is 9.43. The lowest BCUT2D eigenvalue weighted by Gasteiger charge is -2.30. The van der Waals surface area contributed by atoms with Gasteiger partial charge in [0.1, 0.15) is 5.82 Å². The van der Waals surface area contributed by atoms with E-state index < -0.39 is 0 Å². The zero-order valence-corrected chi connectivity index (χ0v) is 14.6. The van der Waals surface area contributed by atoms with Gasteiger partial charge in [-0.05, 0) is 56.7 Å². The molecular formula is C19H22N6O. The number of nitrogens with one attached hydrogen (secondary N) is 1. The Kier molecular flexibility index (Phi) is 3.72. The minimum Gasteiger partial charge on any atom is -0.366 e. The summed E-state index contributed by atoms with van der Waals surface area (Å²) in [6, 6.07) is 8.12. The highest BCUT2D eigenvalue weighted by atomic mass is 16.1. The second-order valence-electron chi connectivity index (χ2n) is 7.41. The average molecular weight is 350 g/mol. The van der Waals surface area contributed by atoms with E-state index >= 15 is 0 Å². The maximum Gasteiger partial charge on any atom is 0.267 e. The Balaban J connectivity index is 1.26. The third-order valence-electron chi connectivity index (χ3n) is 5.49. The zero-order valence-electron chi connectivity index (χ0n) is 14.6. The first kappa shape index (κ1) is 15.5. The molecule has 1 N–H and O–H groups in total. The minimum absolute atomic E-state index is 0.0260. The third-order valence-corrected chi connectivity index (χ3v) is 5.49. The SMILES string of the molecule is O=c1ccc(C2CC2)nn1C1CCC(Nc2ccc3nccn3n2)CC1. The molecule has 2 aliphatic carbocycles. The van der Waals surface area contributed by atoms with E-state index in [4.69, 9.17) is 0 Å². The molecule has 3 heterocycles. The van der Waals surface area contributed by atoms with Crippen molar-refractivity contribution in [1.82, 2.24) is 24.4 Å². The van der Waals surface area contributed by atoms with E-state index in [2.05, 4.69) is 20.5 Å². The van der Waals surface area contributed by atoms with Gasteiger partial charge in [0, 0.05) is 30.4 Å². The highest BCUT2D eigenvalue weighted by Gasteiger charge is 2.28. The van der Waals surface area contributed by atoms with Crippen LogP contribution in [-0.2, 0) is 0 Å². The van der Waals surface area contributed by atoms with Crippen LogP contribution in [0.25, 0.3) is 5.65 Å². The molecule has 7 nitrogen and oxygen atoms in total. The smallest absolute Gasteiger partial charge is 0.267 e. The van der Waals surface area contributed by atoms with Crippen molar-refractivity contribution in [2.75, 3.05) is 5.32 Å². The summed E-state index contributed by atoms with van der Waals surface area (Å²) in [5.41, 5.74) is 1.96. The van der Waals surface area contributed by atoms with Crippen LogP contribution in [0.2, 0.25) is 0 Å². The van der Waals surface area contributed by atoms with Crippen LogP contribution in [-0.4, -0.2) is 30.4 Å². The highest BCUT2D eigenvalue weighted by molar-refractivity contribution is 5.44. The number of anilines is 1. The van der Waals surface area contributed by atoms with E-state index in [1.807, 2.05) is 24.4 Å². The molecule has 0 unspecified atom stereocenters. The van der Waals surface area contributed by atoms with Crippen molar-refractivity contribution in [3.8, 4) is 0 Å². The maximum atomic E-state index is 12.3. The fourth-order valence-corrected chi connectivity index (χ4v) is 3.86.